The molecule has 0 saturated heterocycles. The van der Waals surface area contributed by atoms with Gasteiger partial charge in [-0.05, 0) is 36.6 Å². The van der Waals surface area contributed by atoms with Crippen molar-refractivity contribution in [2.45, 2.75) is 26.7 Å². The number of aryl methyl sites for hydroxylation is 2. The molecular formula is C13H14FNO2. The van der Waals surface area contributed by atoms with Gasteiger partial charge in [0.1, 0.15) is 5.82 Å². The van der Waals surface area contributed by atoms with Crippen LogP contribution in [0.15, 0.2) is 12.1 Å². The molecule has 0 atom stereocenters. The zero-order valence-electron chi connectivity index (χ0n) is 9.80. The number of H-pyrrole nitrogens is 1. The molecule has 2 rings (SSSR count). The number of hydrogen-bond donors (Lipinski definition) is 2. The van der Waals surface area contributed by atoms with Gasteiger partial charge in [-0.25, -0.2) is 4.39 Å². The number of carboxylic acid groups (broad SMARTS) is 1. The molecule has 0 fully saturated rings. The molecule has 0 aliphatic rings. The molecule has 2 N–H and O–H groups in total. The van der Waals surface area contributed by atoms with Crippen LogP contribution in [0.3, 0.4) is 0 Å². The van der Waals surface area contributed by atoms with Crippen LogP contribution < -0.4 is 0 Å². The fourth-order valence-corrected chi connectivity index (χ4v) is 2.25. The Morgan fingerprint density at radius 1 is 1.41 bits per heavy atom. The van der Waals surface area contributed by atoms with Crippen molar-refractivity contribution in [2.24, 2.45) is 0 Å². The van der Waals surface area contributed by atoms with E-state index in [9.17, 15) is 9.18 Å². The number of aromatic nitrogens is 1. The Balaban J connectivity index is 2.77. The van der Waals surface area contributed by atoms with Gasteiger partial charge in [0.2, 0.25) is 0 Å². The minimum absolute atomic E-state index is 0.0811. The first-order valence-electron chi connectivity index (χ1n) is 5.55. The lowest BCUT2D eigenvalue weighted by Gasteiger charge is -2.04. The molecule has 17 heavy (non-hydrogen) atoms. The molecule has 4 heteroatoms. The third kappa shape index (κ3) is 1.90. The van der Waals surface area contributed by atoms with E-state index in [4.69, 9.17) is 5.11 Å². The van der Waals surface area contributed by atoms with Crippen LogP contribution in [-0.2, 0) is 17.6 Å². The second-order valence-electron chi connectivity index (χ2n) is 4.10. The van der Waals surface area contributed by atoms with E-state index >= 15 is 0 Å². The van der Waals surface area contributed by atoms with Crippen LogP contribution in [0.2, 0.25) is 0 Å². The Labute approximate surface area is 98.3 Å². The Bertz CT molecular complexity index is 587. The molecule has 1 heterocycles. The molecule has 0 radical (unpaired) electrons. The van der Waals surface area contributed by atoms with Crippen LogP contribution in [0.5, 0.6) is 0 Å². The number of carbonyl (C=O) groups is 1. The molecule has 0 unspecified atom stereocenters. The number of rotatable bonds is 3. The van der Waals surface area contributed by atoms with Crippen LogP contribution in [0.25, 0.3) is 10.9 Å². The Morgan fingerprint density at radius 2 is 2.12 bits per heavy atom. The molecule has 2 aromatic rings. The molecule has 0 bridgehead atoms. The number of aliphatic carboxylic acids is 1. The van der Waals surface area contributed by atoms with Gasteiger partial charge in [0.25, 0.3) is 0 Å². The third-order valence-corrected chi connectivity index (χ3v) is 3.01. The zero-order valence-corrected chi connectivity index (χ0v) is 9.80. The molecule has 1 aromatic carbocycles. The summed E-state index contributed by atoms with van der Waals surface area (Å²) in [5, 5.41) is 9.62. The van der Waals surface area contributed by atoms with Crippen molar-refractivity contribution in [3.05, 3.63) is 34.8 Å². The summed E-state index contributed by atoms with van der Waals surface area (Å²) >= 11 is 0. The van der Waals surface area contributed by atoms with E-state index in [1.54, 1.807) is 6.07 Å². The van der Waals surface area contributed by atoms with Gasteiger partial charge in [-0.3, -0.25) is 4.79 Å². The summed E-state index contributed by atoms with van der Waals surface area (Å²) in [7, 11) is 0. The first kappa shape index (κ1) is 11.6. The van der Waals surface area contributed by atoms with Gasteiger partial charge in [0, 0.05) is 16.6 Å². The smallest absolute Gasteiger partial charge is 0.307 e. The van der Waals surface area contributed by atoms with Crippen LogP contribution in [0, 0.1) is 12.7 Å². The van der Waals surface area contributed by atoms with Gasteiger partial charge >= 0.3 is 5.97 Å². The SMILES string of the molecule is CCc1c(F)ccc2[nH]c(C)c(CC(=O)O)c12. The van der Waals surface area contributed by atoms with Crippen LogP contribution in [0.1, 0.15) is 23.7 Å². The van der Waals surface area contributed by atoms with Gasteiger partial charge < -0.3 is 10.1 Å². The molecule has 0 aliphatic carbocycles. The summed E-state index contributed by atoms with van der Waals surface area (Å²) in [6, 6.07) is 3.07. The van der Waals surface area contributed by atoms with Crippen molar-refractivity contribution < 1.29 is 14.3 Å². The predicted octanol–water partition coefficient (Wildman–Crippen LogP) is 2.80. The maximum absolute atomic E-state index is 13.7. The fraction of sp³-hybridized carbons (Fsp3) is 0.308. The third-order valence-electron chi connectivity index (χ3n) is 3.01. The van der Waals surface area contributed by atoms with E-state index in [-0.39, 0.29) is 12.2 Å². The quantitative estimate of drug-likeness (QED) is 0.859. The van der Waals surface area contributed by atoms with Crippen molar-refractivity contribution in [2.75, 3.05) is 0 Å². The average molecular weight is 235 g/mol. The van der Waals surface area contributed by atoms with Gasteiger partial charge in [0.05, 0.1) is 6.42 Å². The lowest BCUT2D eigenvalue weighted by Crippen LogP contribution is -2.02. The van der Waals surface area contributed by atoms with Gasteiger partial charge in [-0.15, -0.1) is 0 Å². The Hall–Kier alpha value is -1.84. The summed E-state index contributed by atoms with van der Waals surface area (Å²) in [5.74, 6) is -1.18. The zero-order chi connectivity index (χ0) is 12.6. The highest BCUT2D eigenvalue weighted by Gasteiger charge is 2.16. The molecule has 0 saturated carbocycles. The summed E-state index contributed by atoms with van der Waals surface area (Å²) in [4.78, 5) is 13.9. The number of fused-ring (bicyclic) bond motifs is 1. The summed E-state index contributed by atoms with van der Waals surface area (Å²) < 4.78 is 13.7. The van der Waals surface area contributed by atoms with E-state index in [1.807, 2.05) is 13.8 Å². The molecule has 1 aromatic heterocycles. The minimum atomic E-state index is -0.902. The lowest BCUT2D eigenvalue weighted by atomic mass is 10.0. The molecule has 0 aliphatic heterocycles. The van der Waals surface area contributed by atoms with Crippen molar-refractivity contribution in [1.82, 2.24) is 4.98 Å². The van der Waals surface area contributed by atoms with E-state index in [2.05, 4.69) is 4.98 Å². The summed E-state index contributed by atoms with van der Waals surface area (Å²) in [6.45, 7) is 3.68. The highest BCUT2D eigenvalue weighted by Crippen LogP contribution is 2.28. The Morgan fingerprint density at radius 3 is 2.71 bits per heavy atom. The second-order valence-corrected chi connectivity index (χ2v) is 4.10. The molecular weight excluding hydrogens is 221 g/mol. The van der Waals surface area contributed by atoms with Gasteiger partial charge in [-0.1, -0.05) is 6.92 Å². The maximum atomic E-state index is 13.7. The van der Waals surface area contributed by atoms with E-state index in [0.29, 0.717) is 17.5 Å². The van der Waals surface area contributed by atoms with Crippen LogP contribution in [0.4, 0.5) is 4.39 Å². The van der Waals surface area contributed by atoms with E-state index in [0.717, 1.165) is 16.6 Å². The first-order valence-corrected chi connectivity index (χ1v) is 5.55. The monoisotopic (exact) mass is 235 g/mol. The highest BCUT2D eigenvalue weighted by molar-refractivity contribution is 5.91. The number of aromatic amines is 1. The van der Waals surface area contributed by atoms with Crippen molar-refractivity contribution in [3.8, 4) is 0 Å². The number of hydrogen-bond acceptors (Lipinski definition) is 1. The normalized spacial score (nSPS) is 11.0. The molecule has 0 amide bonds. The van der Waals surface area contributed by atoms with Crippen LogP contribution in [-0.4, -0.2) is 16.1 Å². The minimum Gasteiger partial charge on any atom is -0.481 e. The Kier molecular flexibility index (Phi) is 2.88. The average Bonchev–Trinajstić information content (AvgIpc) is 2.56. The van der Waals surface area contributed by atoms with Gasteiger partial charge in [0.15, 0.2) is 0 Å². The lowest BCUT2D eigenvalue weighted by molar-refractivity contribution is -0.136. The molecule has 0 spiro atoms. The number of halogens is 1. The first-order chi connectivity index (χ1) is 8.04. The van der Waals surface area contributed by atoms with Gasteiger partial charge in [-0.2, -0.15) is 0 Å². The number of nitrogens with one attached hydrogen (secondary N) is 1. The largest absolute Gasteiger partial charge is 0.481 e. The van der Waals surface area contributed by atoms with Crippen LogP contribution >= 0.6 is 0 Å². The van der Waals surface area contributed by atoms with Crippen molar-refractivity contribution >= 4 is 16.9 Å². The van der Waals surface area contributed by atoms with Crippen molar-refractivity contribution in [1.29, 1.82) is 0 Å². The second kappa shape index (κ2) is 4.20. The van der Waals surface area contributed by atoms with Crippen molar-refractivity contribution in [3.63, 3.8) is 0 Å². The highest BCUT2D eigenvalue weighted by atomic mass is 19.1. The number of carboxylic acids is 1. The summed E-state index contributed by atoms with van der Waals surface area (Å²) in [6.07, 6.45) is 0.468. The molecule has 3 nitrogen and oxygen atoms in total. The summed E-state index contributed by atoms with van der Waals surface area (Å²) in [5.41, 5.74) is 2.87. The predicted molar refractivity (Wildman–Crippen MR) is 63.7 cm³/mol. The maximum Gasteiger partial charge on any atom is 0.307 e. The standard InChI is InChI=1S/C13H14FNO2/c1-3-8-10(14)4-5-11-13(8)9(6-12(16)17)7(2)15-11/h4-5,15H,3,6H2,1-2H3,(H,16,17). The van der Waals surface area contributed by atoms with E-state index < -0.39 is 5.97 Å². The topological polar surface area (TPSA) is 53.1 Å². The molecule has 90 valence electrons. The number of benzene rings is 1. The van der Waals surface area contributed by atoms with E-state index in [1.165, 1.54) is 6.07 Å². The fourth-order valence-electron chi connectivity index (χ4n) is 2.25.